The van der Waals surface area contributed by atoms with Gasteiger partial charge in [0.1, 0.15) is 6.54 Å². The van der Waals surface area contributed by atoms with Crippen LogP contribution in [0.3, 0.4) is 0 Å². The molecular weight excluding hydrogens is 490 g/mol. The van der Waals surface area contributed by atoms with Crippen molar-refractivity contribution < 1.29 is 22.7 Å². The number of carbonyl (C=O) groups excluding carboxylic acids is 1. The first-order valence-corrected chi connectivity index (χ1v) is 13.7. The number of nitrogens with zero attached hydrogens (tertiary/aromatic N) is 2. The van der Waals surface area contributed by atoms with E-state index in [9.17, 15) is 13.2 Å². The van der Waals surface area contributed by atoms with Crippen LogP contribution < -0.4 is 24.0 Å². The fourth-order valence-corrected chi connectivity index (χ4v) is 5.90. The number of carbonyl (C=O) groups is 1. The molecule has 1 unspecified atom stereocenters. The molecule has 1 N–H and O–H groups in total. The van der Waals surface area contributed by atoms with Crippen molar-refractivity contribution in [1.82, 2.24) is 5.32 Å². The summed E-state index contributed by atoms with van der Waals surface area (Å²) in [4.78, 5) is 15.6. The van der Waals surface area contributed by atoms with E-state index in [-0.39, 0.29) is 10.9 Å². The molecule has 0 aromatic heterocycles. The van der Waals surface area contributed by atoms with Crippen molar-refractivity contribution in [2.24, 2.45) is 0 Å². The monoisotopic (exact) mass is 523 g/mol. The Balaban J connectivity index is 1.56. The van der Waals surface area contributed by atoms with Gasteiger partial charge in [-0.3, -0.25) is 9.10 Å². The van der Waals surface area contributed by atoms with Crippen LogP contribution in [0.2, 0.25) is 0 Å². The molecule has 4 rings (SSSR count). The van der Waals surface area contributed by atoms with Crippen molar-refractivity contribution in [1.29, 1.82) is 0 Å². The molecule has 37 heavy (non-hydrogen) atoms. The summed E-state index contributed by atoms with van der Waals surface area (Å²) in [6.07, 6.45) is 2.41. The molecule has 0 spiro atoms. The maximum Gasteiger partial charge on any atom is 0.264 e. The second-order valence-corrected chi connectivity index (χ2v) is 10.8. The predicted molar refractivity (Wildman–Crippen MR) is 145 cm³/mol. The summed E-state index contributed by atoms with van der Waals surface area (Å²) in [5.74, 6) is 0.393. The quantitative estimate of drug-likeness (QED) is 0.425. The van der Waals surface area contributed by atoms with Crippen LogP contribution in [0.5, 0.6) is 11.5 Å². The third-order valence-electron chi connectivity index (χ3n) is 6.52. The number of amides is 1. The van der Waals surface area contributed by atoms with Gasteiger partial charge in [0.15, 0.2) is 11.5 Å². The number of benzene rings is 3. The molecule has 0 bridgehead atoms. The molecule has 3 aromatic rings. The highest BCUT2D eigenvalue weighted by Gasteiger charge is 2.28. The lowest BCUT2D eigenvalue weighted by Crippen LogP contribution is -2.41. The van der Waals surface area contributed by atoms with Gasteiger partial charge in [-0.2, -0.15) is 0 Å². The topological polar surface area (TPSA) is 88.2 Å². The van der Waals surface area contributed by atoms with E-state index in [1.807, 2.05) is 19.1 Å². The fourth-order valence-electron chi connectivity index (χ4n) is 4.46. The highest BCUT2D eigenvalue weighted by Crippen LogP contribution is 2.34. The first-order chi connectivity index (χ1) is 17.8. The molecule has 1 heterocycles. The molecule has 1 aliphatic rings. The smallest absolute Gasteiger partial charge is 0.264 e. The van der Waals surface area contributed by atoms with Gasteiger partial charge in [-0.25, -0.2) is 8.42 Å². The lowest BCUT2D eigenvalue weighted by Gasteiger charge is -2.26. The normalized spacial score (nSPS) is 14.2. The van der Waals surface area contributed by atoms with Gasteiger partial charge in [-0.1, -0.05) is 30.3 Å². The third-order valence-corrected chi connectivity index (χ3v) is 8.30. The van der Waals surface area contributed by atoms with Gasteiger partial charge in [0.2, 0.25) is 5.91 Å². The van der Waals surface area contributed by atoms with E-state index >= 15 is 0 Å². The van der Waals surface area contributed by atoms with Crippen LogP contribution in [0.4, 0.5) is 11.4 Å². The Morgan fingerprint density at radius 3 is 2.22 bits per heavy atom. The molecule has 1 fully saturated rings. The molecule has 1 amide bonds. The zero-order valence-corrected chi connectivity index (χ0v) is 22.2. The minimum atomic E-state index is -4.04. The fraction of sp³-hybridized carbons (Fsp3) is 0.321. The van der Waals surface area contributed by atoms with Crippen molar-refractivity contribution in [2.75, 3.05) is 43.1 Å². The number of rotatable bonds is 10. The standard InChI is InChI=1S/C28H33N3O5S/c1-21(22-11-13-23(14-12-22)30-17-7-8-18-30)29-28(32)20-31(37(33,34)25-9-5-4-6-10-25)24-15-16-26(35-2)27(19-24)36-3/h4-6,9-16,19,21H,7-8,17-18,20H2,1-3H3,(H,29,32). The minimum Gasteiger partial charge on any atom is -0.493 e. The molecular formula is C28H33N3O5S. The number of hydrogen-bond acceptors (Lipinski definition) is 6. The van der Waals surface area contributed by atoms with Crippen LogP contribution in [0, 0.1) is 0 Å². The average Bonchev–Trinajstić information content (AvgIpc) is 3.47. The van der Waals surface area contributed by atoms with Gasteiger partial charge in [0.25, 0.3) is 10.0 Å². The van der Waals surface area contributed by atoms with E-state index in [1.165, 1.54) is 44.9 Å². The van der Waals surface area contributed by atoms with Crippen LogP contribution in [0.15, 0.2) is 77.7 Å². The van der Waals surface area contributed by atoms with E-state index in [0.29, 0.717) is 17.2 Å². The summed E-state index contributed by atoms with van der Waals surface area (Å²) in [5.41, 5.74) is 2.41. The summed E-state index contributed by atoms with van der Waals surface area (Å²) >= 11 is 0. The minimum absolute atomic E-state index is 0.0862. The number of ether oxygens (including phenoxy) is 2. The van der Waals surface area contributed by atoms with Gasteiger partial charge in [0.05, 0.1) is 30.8 Å². The maximum absolute atomic E-state index is 13.6. The lowest BCUT2D eigenvalue weighted by atomic mass is 10.1. The Morgan fingerprint density at radius 1 is 0.946 bits per heavy atom. The van der Waals surface area contributed by atoms with Crippen molar-refractivity contribution in [2.45, 2.75) is 30.7 Å². The van der Waals surface area contributed by atoms with E-state index in [4.69, 9.17) is 9.47 Å². The number of hydrogen-bond donors (Lipinski definition) is 1. The maximum atomic E-state index is 13.6. The van der Waals surface area contributed by atoms with Crippen molar-refractivity contribution in [3.63, 3.8) is 0 Å². The van der Waals surface area contributed by atoms with Gasteiger partial charge in [0, 0.05) is 24.8 Å². The zero-order chi connectivity index (χ0) is 26.4. The van der Waals surface area contributed by atoms with Gasteiger partial charge < -0.3 is 19.7 Å². The van der Waals surface area contributed by atoms with E-state index < -0.39 is 22.5 Å². The molecule has 8 nitrogen and oxygen atoms in total. The number of methoxy groups -OCH3 is 2. The Labute approximate surface area is 218 Å². The molecule has 1 aliphatic heterocycles. The Morgan fingerprint density at radius 2 is 1.59 bits per heavy atom. The Kier molecular flexibility index (Phi) is 8.23. The summed E-state index contributed by atoms with van der Waals surface area (Å²) in [5, 5.41) is 2.95. The van der Waals surface area contributed by atoms with Crippen LogP contribution >= 0.6 is 0 Å². The van der Waals surface area contributed by atoms with E-state index in [2.05, 4.69) is 22.3 Å². The van der Waals surface area contributed by atoms with Gasteiger partial charge >= 0.3 is 0 Å². The summed E-state index contributed by atoms with van der Waals surface area (Å²) in [7, 11) is -1.06. The van der Waals surface area contributed by atoms with Gasteiger partial charge in [-0.15, -0.1) is 0 Å². The second kappa shape index (κ2) is 11.6. The summed E-state index contributed by atoms with van der Waals surface area (Å²) < 4.78 is 39.0. The van der Waals surface area contributed by atoms with Crippen molar-refractivity contribution in [3.05, 3.63) is 78.4 Å². The first-order valence-electron chi connectivity index (χ1n) is 12.3. The van der Waals surface area contributed by atoms with E-state index in [1.54, 1.807) is 36.4 Å². The van der Waals surface area contributed by atoms with E-state index in [0.717, 1.165) is 23.0 Å². The summed E-state index contributed by atoms with van der Waals surface area (Å²) in [6.45, 7) is 3.61. The Hall–Kier alpha value is -3.72. The van der Waals surface area contributed by atoms with Gasteiger partial charge in [-0.05, 0) is 61.7 Å². The van der Waals surface area contributed by atoms with Crippen molar-refractivity contribution >= 4 is 27.3 Å². The number of sulfonamides is 1. The molecule has 0 aliphatic carbocycles. The third kappa shape index (κ3) is 5.99. The Bertz CT molecular complexity index is 1310. The first kappa shape index (κ1) is 26.3. The summed E-state index contributed by atoms with van der Waals surface area (Å²) in [6, 6.07) is 20.6. The SMILES string of the molecule is COc1ccc(N(CC(=O)NC(C)c2ccc(N3CCCC3)cc2)S(=O)(=O)c2ccccc2)cc1OC. The molecule has 0 saturated carbocycles. The molecule has 1 saturated heterocycles. The van der Waals surface area contributed by atoms with Crippen LogP contribution in [-0.4, -0.2) is 48.2 Å². The average molecular weight is 524 g/mol. The lowest BCUT2D eigenvalue weighted by molar-refractivity contribution is -0.120. The largest absolute Gasteiger partial charge is 0.493 e. The highest BCUT2D eigenvalue weighted by molar-refractivity contribution is 7.92. The zero-order valence-electron chi connectivity index (χ0n) is 21.4. The van der Waals surface area contributed by atoms with Crippen LogP contribution in [0.1, 0.15) is 31.4 Å². The molecule has 3 aromatic carbocycles. The predicted octanol–water partition coefficient (Wildman–Crippen LogP) is 4.38. The molecule has 0 radical (unpaired) electrons. The molecule has 1 atom stereocenters. The molecule has 9 heteroatoms. The van der Waals surface area contributed by atoms with Crippen molar-refractivity contribution in [3.8, 4) is 11.5 Å². The van der Waals surface area contributed by atoms with Crippen LogP contribution in [-0.2, 0) is 14.8 Å². The number of nitrogens with one attached hydrogen (secondary N) is 1. The van der Waals surface area contributed by atoms with Crippen LogP contribution in [0.25, 0.3) is 0 Å². The second-order valence-electron chi connectivity index (χ2n) is 8.94. The number of anilines is 2. The highest BCUT2D eigenvalue weighted by atomic mass is 32.2. The molecule has 196 valence electrons.